The van der Waals surface area contributed by atoms with Crippen LogP contribution >= 0.6 is 11.6 Å². The summed E-state index contributed by atoms with van der Waals surface area (Å²) >= 11 is 6.19. The molecular formula is C17H19ClN4O2. The van der Waals surface area contributed by atoms with Crippen molar-refractivity contribution in [1.82, 2.24) is 9.97 Å². The number of aromatic nitrogens is 2. The molecule has 0 unspecified atom stereocenters. The number of piperidine rings is 1. The Kier molecular flexibility index (Phi) is 4.26. The highest BCUT2D eigenvalue weighted by Gasteiger charge is 2.40. The lowest BCUT2D eigenvalue weighted by Gasteiger charge is -2.38. The van der Waals surface area contributed by atoms with E-state index < -0.39 is 0 Å². The molecule has 3 heterocycles. The van der Waals surface area contributed by atoms with Gasteiger partial charge in [-0.25, -0.2) is 9.97 Å². The van der Waals surface area contributed by atoms with E-state index in [9.17, 15) is 0 Å². The van der Waals surface area contributed by atoms with Crippen molar-refractivity contribution in [3.05, 3.63) is 41.7 Å². The number of rotatable bonds is 3. The summed E-state index contributed by atoms with van der Waals surface area (Å²) in [5, 5.41) is 3.90. The summed E-state index contributed by atoms with van der Waals surface area (Å²) in [6, 6.07) is 9.54. The fourth-order valence-corrected chi connectivity index (χ4v) is 3.33. The molecule has 1 spiro atoms. The number of anilines is 3. The van der Waals surface area contributed by atoms with Crippen molar-refractivity contribution >= 4 is 28.9 Å². The Morgan fingerprint density at radius 1 is 1.08 bits per heavy atom. The molecule has 2 aliphatic heterocycles. The fraction of sp³-hybridized carbons (Fsp3) is 0.412. The maximum absolute atomic E-state index is 6.19. The average Bonchev–Trinajstić information content (AvgIpc) is 3.06. The van der Waals surface area contributed by atoms with Crippen LogP contribution in [0.25, 0.3) is 0 Å². The monoisotopic (exact) mass is 346 g/mol. The van der Waals surface area contributed by atoms with Crippen LogP contribution < -0.4 is 10.2 Å². The van der Waals surface area contributed by atoms with Crippen LogP contribution in [0.3, 0.4) is 0 Å². The van der Waals surface area contributed by atoms with Crippen LogP contribution in [0.4, 0.5) is 17.3 Å². The van der Waals surface area contributed by atoms with Gasteiger partial charge in [0, 0.05) is 32.0 Å². The van der Waals surface area contributed by atoms with E-state index in [1.165, 1.54) is 0 Å². The van der Waals surface area contributed by atoms with E-state index in [2.05, 4.69) is 20.2 Å². The van der Waals surface area contributed by atoms with Crippen LogP contribution in [0.2, 0.25) is 5.02 Å². The second-order valence-corrected chi connectivity index (χ2v) is 6.37. The highest BCUT2D eigenvalue weighted by molar-refractivity contribution is 6.33. The standard InChI is InChI=1S/C17H19ClN4O2/c18-13-3-1-2-4-14(13)21-15-11-16(20-12-19-15)22-7-5-17(6-8-22)23-9-10-24-17/h1-4,11-12H,5-10H2,(H,19,20,21). The van der Waals surface area contributed by atoms with Gasteiger partial charge in [-0.1, -0.05) is 23.7 Å². The lowest BCUT2D eigenvalue weighted by atomic mass is 10.0. The highest BCUT2D eigenvalue weighted by atomic mass is 35.5. The topological polar surface area (TPSA) is 59.5 Å². The molecule has 7 heteroatoms. The molecule has 2 aromatic rings. The normalized spacial score (nSPS) is 19.6. The Labute approximate surface area is 145 Å². The van der Waals surface area contributed by atoms with Gasteiger partial charge in [-0.05, 0) is 12.1 Å². The smallest absolute Gasteiger partial charge is 0.171 e. The zero-order chi connectivity index (χ0) is 16.4. The number of hydrogen-bond acceptors (Lipinski definition) is 6. The Hall–Kier alpha value is -1.89. The zero-order valence-electron chi connectivity index (χ0n) is 13.2. The van der Waals surface area contributed by atoms with Gasteiger partial charge in [0.1, 0.15) is 18.0 Å². The summed E-state index contributed by atoms with van der Waals surface area (Å²) in [5.41, 5.74) is 0.828. The highest BCUT2D eigenvalue weighted by Crippen LogP contribution is 2.33. The van der Waals surface area contributed by atoms with E-state index in [4.69, 9.17) is 21.1 Å². The van der Waals surface area contributed by atoms with Gasteiger partial charge in [0.05, 0.1) is 23.9 Å². The molecule has 1 aromatic heterocycles. The van der Waals surface area contributed by atoms with Gasteiger partial charge in [-0.3, -0.25) is 0 Å². The molecule has 6 nitrogen and oxygen atoms in total. The predicted octanol–water partition coefficient (Wildman–Crippen LogP) is 3.22. The summed E-state index contributed by atoms with van der Waals surface area (Å²) in [7, 11) is 0. The van der Waals surface area contributed by atoms with Crippen molar-refractivity contribution in [2.75, 3.05) is 36.5 Å². The van der Waals surface area contributed by atoms with Gasteiger partial charge in [-0.2, -0.15) is 0 Å². The van der Waals surface area contributed by atoms with Crippen molar-refractivity contribution < 1.29 is 9.47 Å². The molecule has 1 aromatic carbocycles. The third-order valence-corrected chi connectivity index (χ3v) is 4.78. The average molecular weight is 347 g/mol. The predicted molar refractivity (Wildman–Crippen MR) is 92.8 cm³/mol. The van der Waals surface area contributed by atoms with Crippen LogP contribution in [0.15, 0.2) is 36.7 Å². The second kappa shape index (κ2) is 6.55. The molecule has 2 fully saturated rings. The SMILES string of the molecule is Clc1ccccc1Nc1cc(N2CCC3(CC2)OCCO3)ncn1. The quantitative estimate of drug-likeness (QED) is 0.920. The molecule has 0 aliphatic carbocycles. The van der Waals surface area contributed by atoms with Crippen molar-refractivity contribution in [2.45, 2.75) is 18.6 Å². The molecule has 126 valence electrons. The van der Waals surface area contributed by atoms with E-state index in [-0.39, 0.29) is 5.79 Å². The van der Waals surface area contributed by atoms with E-state index in [1.807, 2.05) is 30.3 Å². The maximum Gasteiger partial charge on any atom is 0.171 e. The van der Waals surface area contributed by atoms with Gasteiger partial charge in [-0.15, -0.1) is 0 Å². The minimum absolute atomic E-state index is 0.373. The Morgan fingerprint density at radius 3 is 2.58 bits per heavy atom. The van der Waals surface area contributed by atoms with Crippen LogP contribution in [0, 0.1) is 0 Å². The molecule has 4 rings (SSSR count). The molecule has 24 heavy (non-hydrogen) atoms. The third kappa shape index (κ3) is 3.17. The molecule has 0 atom stereocenters. The van der Waals surface area contributed by atoms with Crippen molar-refractivity contribution in [3.8, 4) is 0 Å². The molecule has 2 saturated heterocycles. The fourth-order valence-electron chi connectivity index (χ4n) is 3.15. The van der Waals surface area contributed by atoms with Gasteiger partial charge in [0.25, 0.3) is 0 Å². The summed E-state index contributed by atoms with van der Waals surface area (Å²) in [5.74, 6) is 1.25. The first-order chi connectivity index (χ1) is 11.7. The van der Waals surface area contributed by atoms with Gasteiger partial charge in [0.2, 0.25) is 0 Å². The number of nitrogens with zero attached hydrogens (tertiary/aromatic N) is 3. The number of ether oxygens (including phenoxy) is 2. The largest absolute Gasteiger partial charge is 0.356 e. The number of benzene rings is 1. The molecule has 2 aliphatic rings. The molecule has 1 N–H and O–H groups in total. The van der Waals surface area contributed by atoms with E-state index in [0.29, 0.717) is 18.2 Å². The zero-order valence-corrected chi connectivity index (χ0v) is 14.0. The third-order valence-electron chi connectivity index (χ3n) is 4.45. The Bertz CT molecular complexity index is 711. The number of halogens is 1. The van der Waals surface area contributed by atoms with Gasteiger partial charge < -0.3 is 19.7 Å². The summed E-state index contributed by atoms with van der Waals surface area (Å²) < 4.78 is 11.5. The molecule has 0 saturated carbocycles. The lowest BCUT2D eigenvalue weighted by Crippen LogP contribution is -2.45. The number of nitrogens with one attached hydrogen (secondary N) is 1. The molecular weight excluding hydrogens is 328 g/mol. The molecule has 0 radical (unpaired) electrons. The lowest BCUT2D eigenvalue weighted by molar-refractivity contribution is -0.169. The Morgan fingerprint density at radius 2 is 1.83 bits per heavy atom. The minimum atomic E-state index is -0.373. The van der Waals surface area contributed by atoms with Crippen molar-refractivity contribution in [3.63, 3.8) is 0 Å². The summed E-state index contributed by atoms with van der Waals surface area (Å²) in [6.07, 6.45) is 3.27. The van der Waals surface area contributed by atoms with Crippen LogP contribution in [0.1, 0.15) is 12.8 Å². The Balaban J connectivity index is 1.46. The number of para-hydroxylation sites is 1. The van der Waals surface area contributed by atoms with Crippen LogP contribution in [-0.2, 0) is 9.47 Å². The maximum atomic E-state index is 6.19. The second-order valence-electron chi connectivity index (χ2n) is 5.96. The first-order valence-electron chi connectivity index (χ1n) is 8.11. The first kappa shape index (κ1) is 15.6. The summed E-state index contributed by atoms with van der Waals surface area (Å²) in [6.45, 7) is 3.09. The minimum Gasteiger partial charge on any atom is -0.356 e. The van der Waals surface area contributed by atoms with E-state index >= 15 is 0 Å². The summed E-state index contributed by atoms with van der Waals surface area (Å²) in [4.78, 5) is 10.9. The van der Waals surface area contributed by atoms with Crippen molar-refractivity contribution in [2.24, 2.45) is 0 Å². The van der Waals surface area contributed by atoms with E-state index in [1.54, 1.807) is 6.33 Å². The van der Waals surface area contributed by atoms with Gasteiger partial charge >= 0.3 is 0 Å². The van der Waals surface area contributed by atoms with Crippen LogP contribution in [-0.4, -0.2) is 42.1 Å². The molecule has 0 amide bonds. The number of hydrogen-bond donors (Lipinski definition) is 1. The van der Waals surface area contributed by atoms with Gasteiger partial charge in [0.15, 0.2) is 5.79 Å². The van der Waals surface area contributed by atoms with Crippen molar-refractivity contribution in [1.29, 1.82) is 0 Å². The van der Waals surface area contributed by atoms with Crippen LogP contribution in [0.5, 0.6) is 0 Å². The first-order valence-corrected chi connectivity index (χ1v) is 8.48. The van der Waals surface area contributed by atoms with E-state index in [0.717, 1.165) is 43.3 Å². The molecule has 0 bridgehead atoms.